The Morgan fingerprint density at radius 1 is 1.38 bits per heavy atom. The fourth-order valence-corrected chi connectivity index (χ4v) is 3.13. The van der Waals surface area contributed by atoms with Gasteiger partial charge >= 0.3 is 0 Å². The number of piperidine rings is 1. The Hall–Kier alpha value is -1.09. The van der Waals surface area contributed by atoms with Crippen LogP contribution in [0, 0.1) is 18.3 Å². The summed E-state index contributed by atoms with van der Waals surface area (Å²) in [7, 11) is 0. The number of hydrogen-bond acceptors (Lipinski definition) is 3. The number of nitrogens with zero attached hydrogens (tertiary/aromatic N) is 2. The zero-order valence-corrected chi connectivity index (χ0v) is 14.4. The smallest absolute Gasteiger partial charge is 0.0445 e. The molecule has 1 saturated heterocycles. The predicted molar refractivity (Wildman–Crippen MR) is 90.7 cm³/mol. The van der Waals surface area contributed by atoms with Crippen LogP contribution in [0.5, 0.6) is 0 Å². The SMILES string of the molecule is Cc1cc(N2CCCC(C)(C)C2)c(CNCC(C)C)cn1. The van der Waals surface area contributed by atoms with Crippen LogP contribution in [-0.2, 0) is 6.54 Å². The lowest BCUT2D eigenvalue weighted by Gasteiger charge is -2.40. The first-order valence-electron chi connectivity index (χ1n) is 8.28. The Bertz CT molecular complexity index is 466. The fraction of sp³-hybridized carbons (Fsp3) is 0.722. The summed E-state index contributed by atoms with van der Waals surface area (Å²) in [5.74, 6) is 0.681. The minimum absolute atomic E-state index is 0.415. The van der Waals surface area contributed by atoms with Crippen molar-refractivity contribution in [1.82, 2.24) is 10.3 Å². The van der Waals surface area contributed by atoms with Gasteiger partial charge in [-0.15, -0.1) is 0 Å². The van der Waals surface area contributed by atoms with Crippen molar-refractivity contribution < 1.29 is 0 Å². The van der Waals surface area contributed by atoms with Crippen molar-refractivity contribution in [2.24, 2.45) is 11.3 Å². The van der Waals surface area contributed by atoms with Gasteiger partial charge in [-0.1, -0.05) is 27.7 Å². The summed E-state index contributed by atoms with van der Waals surface area (Å²) in [4.78, 5) is 7.06. The van der Waals surface area contributed by atoms with E-state index in [9.17, 15) is 0 Å². The first-order valence-corrected chi connectivity index (χ1v) is 8.28. The highest BCUT2D eigenvalue weighted by molar-refractivity contribution is 5.54. The maximum absolute atomic E-state index is 4.50. The van der Waals surface area contributed by atoms with Crippen LogP contribution in [0.4, 0.5) is 5.69 Å². The monoisotopic (exact) mass is 289 g/mol. The lowest BCUT2D eigenvalue weighted by molar-refractivity contribution is 0.292. The van der Waals surface area contributed by atoms with E-state index in [0.29, 0.717) is 11.3 Å². The van der Waals surface area contributed by atoms with Crippen molar-refractivity contribution >= 4 is 5.69 Å². The molecular weight excluding hydrogens is 258 g/mol. The first-order chi connectivity index (χ1) is 9.87. The Kier molecular flexibility index (Phi) is 5.26. The van der Waals surface area contributed by atoms with Crippen LogP contribution in [0.3, 0.4) is 0 Å². The molecule has 1 aliphatic heterocycles. The summed E-state index contributed by atoms with van der Waals surface area (Å²) in [6.45, 7) is 15.6. The molecule has 0 spiro atoms. The molecule has 0 amide bonds. The average Bonchev–Trinajstić information content (AvgIpc) is 2.39. The van der Waals surface area contributed by atoms with Crippen LogP contribution in [0.15, 0.2) is 12.3 Å². The molecule has 118 valence electrons. The van der Waals surface area contributed by atoms with Crippen molar-refractivity contribution in [2.45, 2.75) is 54.0 Å². The van der Waals surface area contributed by atoms with Crippen LogP contribution in [-0.4, -0.2) is 24.6 Å². The number of hydrogen-bond donors (Lipinski definition) is 1. The molecule has 0 aromatic carbocycles. The third-order valence-corrected chi connectivity index (χ3v) is 4.21. The molecule has 1 aromatic rings. The lowest BCUT2D eigenvalue weighted by Crippen LogP contribution is -2.40. The highest BCUT2D eigenvalue weighted by Gasteiger charge is 2.27. The van der Waals surface area contributed by atoms with E-state index in [4.69, 9.17) is 0 Å². The third-order valence-electron chi connectivity index (χ3n) is 4.21. The number of aromatic nitrogens is 1. The molecule has 0 atom stereocenters. The molecule has 0 radical (unpaired) electrons. The van der Waals surface area contributed by atoms with Gasteiger partial charge in [0.25, 0.3) is 0 Å². The number of rotatable bonds is 5. The van der Waals surface area contributed by atoms with Gasteiger partial charge in [0.1, 0.15) is 0 Å². The Balaban J connectivity index is 2.14. The maximum Gasteiger partial charge on any atom is 0.0445 e. The summed E-state index contributed by atoms with van der Waals surface area (Å²) in [6, 6.07) is 2.26. The molecule has 1 fully saturated rings. The molecule has 2 heterocycles. The highest BCUT2D eigenvalue weighted by atomic mass is 15.1. The van der Waals surface area contributed by atoms with Crippen LogP contribution in [0.25, 0.3) is 0 Å². The van der Waals surface area contributed by atoms with Crippen LogP contribution in [0.1, 0.15) is 51.8 Å². The van der Waals surface area contributed by atoms with E-state index < -0.39 is 0 Å². The topological polar surface area (TPSA) is 28.2 Å². The summed E-state index contributed by atoms with van der Waals surface area (Å²) in [5.41, 5.74) is 4.24. The van der Waals surface area contributed by atoms with Crippen molar-refractivity contribution in [2.75, 3.05) is 24.5 Å². The molecule has 0 bridgehead atoms. The molecule has 1 N–H and O–H groups in total. The van der Waals surface area contributed by atoms with Gasteiger partial charge in [-0.2, -0.15) is 0 Å². The van der Waals surface area contributed by atoms with Gasteiger partial charge in [0.05, 0.1) is 0 Å². The number of nitrogens with one attached hydrogen (secondary N) is 1. The van der Waals surface area contributed by atoms with Gasteiger partial charge in [-0.25, -0.2) is 0 Å². The quantitative estimate of drug-likeness (QED) is 0.894. The summed E-state index contributed by atoms with van der Waals surface area (Å²) in [6.07, 6.45) is 4.67. The molecule has 1 aliphatic rings. The van der Waals surface area contributed by atoms with Gasteiger partial charge in [-0.05, 0) is 43.7 Å². The molecular formula is C18H31N3. The maximum atomic E-state index is 4.50. The van der Waals surface area contributed by atoms with Crippen LogP contribution in [0.2, 0.25) is 0 Å². The summed E-state index contributed by atoms with van der Waals surface area (Å²) >= 11 is 0. The molecule has 0 unspecified atom stereocenters. The van der Waals surface area contributed by atoms with E-state index in [-0.39, 0.29) is 0 Å². The Morgan fingerprint density at radius 2 is 2.14 bits per heavy atom. The first kappa shape index (κ1) is 16.3. The van der Waals surface area contributed by atoms with E-state index in [0.717, 1.165) is 25.3 Å². The van der Waals surface area contributed by atoms with Crippen molar-refractivity contribution in [3.8, 4) is 0 Å². The van der Waals surface area contributed by atoms with Crippen molar-refractivity contribution in [3.05, 3.63) is 23.5 Å². The largest absolute Gasteiger partial charge is 0.371 e. The van der Waals surface area contributed by atoms with Gasteiger partial charge < -0.3 is 10.2 Å². The standard InChI is InChI=1S/C18H31N3/c1-14(2)10-19-11-16-12-20-15(3)9-17(16)21-8-6-7-18(4,5)13-21/h9,12,14,19H,6-8,10-11,13H2,1-5H3. The second-order valence-corrected chi connectivity index (χ2v) is 7.67. The number of anilines is 1. The molecule has 3 nitrogen and oxygen atoms in total. The molecule has 1 aromatic heterocycles. The van der Waals surface area contributed by atoms with E-state index >= 15 is 0 Å². The van der Waals surface area contributed by atoms with Crippen molar-refractivity contribution in [1.29, 1.82) is 0 Å². The van der Waals surface area contributed by atoms with Gasteiger partial charge in [0.15, 0.2) is 0 Å². The van der Waals surface area contributed by atoms with Crippen LogP contribution >= 0.6 is 0 Å². The van der Waals surface area contributed by atoms with E-state index in [1.807, 2.05) is 0 Å². The summed E-state index contributed by atoms with van der Waals surface area (Å²) in [5, 5.41) is 3.55. The predicted octanol–water partition coefficient (Wildman–Crippen LogP) is 3.76. The molecule has 3 heteroatoms. The zero-order chi connectivity index (χ0) is 15.5. The average molecular weight is 289 g/mol. The minimum atomic E-state index is 0.415. The van der Waals surface area contributed by atoms with Gasteiger partial charge in [0, 0.05) is 42.8 Å². The van der Waals surface area contributed by atoms with E-state index in [2.05, 4.69) is 62.1 Å². The van der Waals surface area contributed by atoms with Crippen molar-refractivity contribution in [3.63, 3.8) is 0 Å². The number of aryl methyl sites for hydroxylation is 1. The molecule has 0 aliphatic carbocycles. The normalized spacial score (nSPS) is 18.3. The molecule has 0 saturated carbocycles. The Morgan fingerprint density at radius 3 is 2.81 bits per heavy atom. The van der Waals surface area contributed by atoms with E-state index in [1.54, 1.807) is 0 Å². The fourth-order valence-electron chi connectivity index (χ4n) is 3.13. The highest BCUT2D eigenvalue weighted by Crippen LogP contribution is 2.33. The van der Waals surface area contributed by atoms with Gasteiger partial charge in [0.2, 0.25) is 0 Å². The Labute approximate surface area is 130 Å². The molecule has 21 heavy (non-hydrogen) atoms. The van der Waals surface area contributed by atoms with Crippen LogP contribution < -0.4 is 10.2 Å². The van der Waals surface area contributed by atoms with Gasteiger partial charge in [-0.3, -0.25) is 4.98 Å². The number of pyridine rings is 1. The zero-order valence-electron chi connectivity index (χ0n) is 14.4. The lowest BCUT2D eigenvalue weighted by atomic mass is 9.84. The summed E-state index contributed by atoms with van der Waals surface area (Å²) < 4.78 is 0. The second-order valence-electron chi connectivity index (χ2n) is 7.67. The third kappa shape index (κ3) is 4.70. The molecule has 2 rings (SSSR count). The second kappa shape index (κ2) is 6.78. The minimum Gasteiger partial charge on any atom is -0.371 e. The van der Waals surface area contributed by atoms with E-state index in [1.165, 1.54) is 30.6 Å².